The number of rotatable bonds is 1. The van der Waals surface area contributed by atoms with Gasteiger partial charge in [0.05, 0.1) is 17.8 Å². The molecular weight excluding hydrogens is 150 g/mol. The van der Waals surface area contributed by atoms with Crippen LogP contribution in [0.2, 0.25) is 5.02 Å². The number of benzene rings is 1. The molecule has 0 saturated heterocycles. The molecule has 0 unspecified atom stereocenters. The largest absolute Gasteiger partial charge is 0.497 e. The molecule has 0 saturated carbocycles. The predicted octanol–water partition coefficient (Wildman–Crippen LogP) is 2.26. The van der Waals surface area contributed by atoms with Crippen LogP contribution in [0.15, 0.2) is 18.2 Å². The van der Waals surface area contributed by atoms with Gasteiger partial charge in [0.15, 0.2) is 0 Å². The highest BCUT2D eigenvalue weighted by Gasteiger charge is 1.96. The summed E-state index contributed by atoms with van der Waals surface area (Å²) >= 11 is 5.59. The molecule has 2 nitrogen and oxygen atoms in total. The molecule has 0 aromatic heterocycles. The Morgan fingerprint density at radius 1 is 1.50 bits per heavy atom. The first kappa shape index (κ1) is 7.22. The number of methoxy groups -OCH3 is 1. The number of hydrogen-bond donors (Lipinski definition) is 0. The van der Waals surface area contributed by atoms with E-state index < -0.39 is 0 Å². The molecule has 1 N–H and O–H groups in total. The maximum atomic E-state index is 7.25. The summed E-state index contributed by atoms with van der Waals surface area (Å²) < 4.78 is 4.87. The maximum absolute atomic E-state index is 7.25. The van der Waals surface area contributed by atoms with Gasteiger partial charge >= 0.3 is 0 Å². The molecule has 1 aromatic carbocycles. The fraction of sp³-hybridized carbons (Fsp3) is 0.143. The van der Waals surface area contributed by atoms with Crippen LogP contribution >= 0.6 is 11.6 Å². The van der Waals surface area contributed by atoms with Crippen molar-refractivity contribution in [3.63, 3.8) is 0 Å². The van der Waals surface area contributed by atoms with Gasteiger partial charge in [-0.15, -0.1) is 0 Å². The van der Waals surface area contributed by atoms with E-state index in [-0.39, 0.29) is 0 Å². The summed E-state index contributed by atoms with van der Waals surface area (Å²) in [6, 6.07) is 4.94. The van der Waals surface area contributed by atoms with Gasteiger partial charge in [0.2, 0.25) is 0 Å². The molecule has 0 bridgehead atoms. The first-order chi connectivity index (χ1) is 4.74. The van der Waals surface area contributed by atoms with E-state index in [1.54, 1.807) is 25.3 Å². The zero-order valence-electron chi connectivity index (χ0n) is 5.52. The zero-order valence-corrected chi connectivity index (χ0v) is 6.27. The number of nitrogens with one attached hydrogen (secondary N) is 1. The highest BCUT2D eigenvalue weighted by molar-refractivity contribution is 6.32. The van der Waals surface area contributed by atoms with E-state index >= 15 is 0 Å². The van der Waals surface area contributed by atoms with Crippen molar-refractivity contribution in [3.05, 3.63) is 23.2 Å². The van der Waals surface area contributed by atoms with E-state index in [2.05, 4.69) is 0 Å². The van der Waals surface area contributed by atoms with Crippen LogP contribution in [0.3, 0.4) is 0 Å². The molecule has 1 rings (SSSR count). The first-order valence-electron chi connectivity index (χ1n) is 2.79. The highest BCUT2D eigenvalue weighted by atomic mass is 35.5. The van der Waals surface area contributed by atoms with Gasteiger partial charge in [-0.05, 0) is 12.1 Å². The summed E-state index contributed by atoms with van der Waals surface area (Å²) in [6.07, 6.45) is 0. The minimum absolute atomic E-state index is 0.293. The minimum atomic E-state index is 0.293. The van der Waals surface area contributed by atoms with Gasteiger partial charge in [-0.3, -0.25) is 5.73 Å². The monoisotopic (exact) mass is 156 g/mol. The fourth-order valence-corrected chi connectivity index (χ4v) is 0.749. The molecule has 53 valence electrons. The second-order valence-corrected chi connectivity index (χ2v) is 2.25. The van der Waals surface area contributed by atoms with Gasteiger partial charge in [0.1, 0.15) is 5.75 Å². The third-order valence-electron chi connectivity index (χ3n) is 1.17. The first-order valence-corrected chi connectivity index (χ1v) is 3.17. The van der Waals surface area contributed by atoms with Gasteiger partial charge in [-0.25, -0.2) is 0 Å². The molecule has 0 aliphatic rings. The molecule has 0 aliphatic heterocycles. The summed E-state index contributed by atoms with van der Waals surface area (Å²) in [7, 11) is 1.56. The Balaban J connectivity index is 3.04. The summed E-state index contributed by atoms with van der Waals surface area (Å²) in [5.41, 5.74) is 7.54. The van der Waals surface area contributed by atoms with Gasteiger partial charge in [-0.2, -0.15) is 0 Å². The summed E-state index contributed by atoms with van der Waals surface area (Å²) in [5, 5.41) is 0.445. The van der Waals surface area contributed by atoms with Gasteiger partial charge in [-0.1, -0.05) is 11.6 Å². The Kier molecular flexibility index (Phi) is 2.02. The van der Waals surface area contributed by atoms with Crippen molar-refractivity contribution >= 4 is 17.3 Å². The minimum Gasteiger partial charge on any atom is -0.497 e. The molecule has 0 amide bonds. The summed E-state index contributed by atoms with van der Waals surface area (Å²) in [4.78, 5) is 0. The van der Waals surface area contributed by atoms with Crippen molar-refractivity contribution in [2.24, 2.45) is 0 Å². The maximum Gasteiger partial charge on any atom is 0.121 e. The van der Waals surface area contributed by atoms with Crippen molar-refractivity contribution in [2.45, 2.75) is 0 Å². The second-order valence-electron chi connectivity index (χ2n) is 1.85. The van der Waals surface area contributed by atoms with Gasteiger partial charge < -0.3 is 4.74 Å². The van der Waals surface area contributed by atoms with E-state index in [4.69, 9.17) is 22.1 Å². The summed E-state index contributed by atoms with van der Waals surface area (Å²) in [6.45, 7) is 0. The van der Waals surface area contributed by atoms with Crippen LogP contribution in [0.5, 0.6) is 5.75 Å². The molecule has 3 heteroatoms. The Morgan fingerprint density at radius 3 is 2.70 bits per heavy atom. The lowest BCUT2D eigenvalue weighted by Crippen LogP contribution is -1.81. The Morgan fingerprint density at radius 2 is 2.20 bits per heavy atom. The van der Waals surface area contributed by atoms with Crippen molar-refractivity contribution in [1.29, 1.82) is 0 Å². The third-order valence-corrected chi connectivity index (χ3v) is 1.50. The number of hydrogen-bond acceptors (Lipinski definition) is 1. The molecule has 1 radical (unpaired) electrons. The average Bonchev–Trinajstić information content (AvgIpc) is 1.95. The van der Waals surface area contributed by atoms with Crippen LogP contribution in [0.4, 0.5) is 5.69 Å². The molecular formula is C7H7ClNO. The van der Waals surface area contributed by atoms with Crippen LogP contribution in [-0.4, -0.2) is 7.11 Å². The Hall–Kier alpha value is -0.890. The van der Waals surface area contributed by atoms with Crippen LogP contribution in [0.1, 0.15) is 0 Å². The second kappa shape index (κ2) is 2.80. The number of halogens is 1. The molecule has 1 aromatic rings. The third kappa shape index (κ3) is 1.33. The Bertz CT molecular complexity index is 237. The lowest BCUT2D eigenvalue weighted by Gasteiger charge is -2.00. The van der Waals surface area contributed by atoms with Crippen LogP contribution in [0.25, 0.3) is 0 Å². The topological polar surface area (TPSA) is 33.0 Å². The fourth-order valence-electron chi connectivity index (χ4n) is 0.631. The Labute approximate surface area is 64.6 Å². The van der Waals surface area contributed by atoms with E-state index in [1.165, 1.54) is 0 Å². The van der Waals surface area contributed by atoms with Crippen molar-refractivity contribution in [1.82, 2.24) is 5.73 Å². The normalized spacial score (nSPS) is 9.40. The van der Waals surface area contributed by atoms with Crippen molar-refractivity contribution in [3.8, 4) is 5.75 Å². The van der Waals surface area contributed by atoms with E-state index in [9.17, 15) is 0 Å². The standard InChI is InChI=1S/C7H7ClNO/c1-10-5-2-3-6(8)7(9)4-5/h2-4,9H,1H3. The van der Waals surface area contributed by atoms with Crippen molar-refractivity contribution in [2.75, 3.05) is 7.11 Å². The highest BCUT2D eigenvalue weighted by Crippen LogP contribution is 2.24. The molecule has 0 spiro atoms. The SMILES string of the molecule is COc1ccc(Cl)c([NH])c1. The van der Waals surface area contributed by atoms with Gasteiger partial charge in [0, 0.05) is 6.07 Å². The zero-order chi connectivity index (χ0) is 7.56. The average molecular weight is 157 g/mol. The number of ether oxygens (including phenoxy) is 1. The lowest BCUT2D eigenvalue weighted by atomic mass is 10.3. The van der Waals surface area contributed by atoms with Gasteiger partial charge in [0.25, 0.3) is 0 Å². The van der Waals surface area contributed by atoms with E-state index in [1.807, 2.05) is 0 Å². The quantitative estimate of drug-likeness (QED) is 0.614. The summed E-state index contributed by atoms with van der Waals surface area (Å²) in [5.74, 6) is 0.661. The molecule has 0 aliphatic carbocycles. The lowest BCUT2D eigenvalue weighted by molar-refractivity contribution is 0.415. The van der Waals surface area contributed by atoms with E-state index in [0.717, 1.165) is 0 Å². The van der Waals surface area contributed by atoms with Crippen LogP contribution in [-0.2, 0) is 0 Å². The van der Waals surface area contributed by atoms with E-state index in [0.29, 0.717) is 16.5 Å². The molecule has 0 fully saturated rings. The smallest absolute Gasteiger partial charge is 0.121 e. The van der Waals surface area contributed by atoms with Crippen LogP contribution in [0, 0.1) is 0 Å². The predicted molar refractivity (Wildman–Crippen MR) is 40.8 cm³/mol. The van der Waals surface area contributed by atoms with Crippen LogP contribution < -0.4 is 10.5 Å². The molecule has 0 atom stereocenters. The van der Waals surface area contributed by atoms with Crippen molar-refractivity contribution < 1.29 is 4.74 Å². The molecule has 0 heterocycles. The molecule has 10 heavy (non-hydrogen) atoms.